The monoisotopic (exact) mass is 250 g/mol. The maximum absolute atomic E-state index is 11.5. The molecule has 1 aromatic heterocycles. The number of amides is 3. The van der Waals surface area contributed by atoms with Crippen LogP contribution in [0.1, 0.15) is 10.4 Å². The summed E-state index contributed by atoms with van der Waals surface area (Å²) in [6.07, 6.45) is 2.57. The van der Waals surface area contributed by atoms with E-state index in [0.29, 0.717) is 0 Å². The molecule has 1 heterocycles. The highest BCUT2D eigenvalue weighted by Gasteiger charge is 2.14. The van der Waals surface area contributed by atoms with E-state index in [1.54, 1.807) is 0 Å². The summed E-state index contributed by atoms with van der Waals surface area (Å²) in [5.41, 5.74) is -0.0227. The Kier molecular flexibility index (Phi) is 4.50. The predicted octanol–water partition coefficient (Wildman–Crippen LogP) is 0.615. The number of pyridine rings is 1. The van der Waals surface area contributed by atoms with Crippen LogP contribution >= 0.6 is 0 Å². The van der Waals surface area contributed by atoms with Crippen molar-refractivity contribution in [1.82, 2.24) is 15.6 Å². The first kappa shape index (κ1) is 13.3. The van der Waals surface area contributed by atoms with E-state index in [2.05, 4.69) is 16.9 Å². The molecule has 1 rings (SSSR count). The molecule has 0 fully saturated rings. The van der Waals surface area contributed by atoms with Crippen molar-refractivity contribution in [3.63, 3.8) is 0 Å². The van der Waals surface area contributed by atoms with Crippen molar-refractivity contribution in [2.45, 2.75) is 0 Å². The number of nitrogens with one attached hydrogen (secondary N) is 2. The van der Waals surface area contributed by atoms with Crippen LogP contribution in [0.2, 0.25) is 0 Å². The number of imide groups is 1. The SMILES string of the molecule is C=CCNC(=O)NC(=O)c1ccnc([N+](=O)[O-])c1. The molecule has 0 aliphatic rings. The van der Waals surface area contributed by atoms with Crippen LogP contribution in [0.15, 0.2) is 31.0 Å². The van der Waals surface area contributed by atoms with Gasteiger partial charge in [0.05, 0.1) is 5.56 Å². The molecule has 0 unspecified atom stereocenters. The minimum Gasteiger partial charge on any atom is -0.358 e. The van der Waals surface area contributed by atoms with Gasteiger partial charge in [0.15, 0.2) is 0 Å². The second-order valence-electron chi connectivity index (χ2n) is 3.11. The number of hydrogen-bond acceptors (Lipinski definition) is 5. The van der Waals surface area contributed by atoms with E-state index in [0.717, 1.165) is 12.3 Å². The van der Waals surface area contributed by atoms with Crippen molar-refractivity contribution in [1.29, 1.82) is 0 Å². The Morgan fingerprint density at radius 1 is 1.56 bits per heavy atom. The van der Waals surface area contributed by atoms with Gasteiger partial charge in [-0.2, -0.15) is 0 Å². The van der Waals surface area contributed by atoms with E-state index in [1.165, 1.54) is 12.1 Å². The molecule has 0 spiro atoms. The third kappa shape index (κ3) is 3.67. The Hall–Kier alpha value is -2.77. The van der Waals surface area contributed by atoms with Gasteiger partial charge in [0.2, 0.25) is 0 Å². The van der Waals surface area contributed by atoms with Crippen LogP contribution in [0.3, 0.4) is 0 Å². The molecule has 0 saturated heterocycles. The molecule has 18 heavy (non-hydrogen) atoms. The Morgan fingerprint density at radius 3 is 2.89 bits per heavy atom. The van der Waals surface area contributed by atoms with Gasteiger partial charge in [-0.25, -0.2) is 4.79 Å². The Balaban J connectivity index is 2.72. The van der Waals surface area contributed by atoms with Gasteiger partial charge >= 0.3 is 11.8 Å². The van der Waals surface area contributed by atoms with Gasteiger partial charge in [-0.3, -0.25) is 10.1 Å². The number of aromatic nitrogens is 1. The van der Waals surface area contributed by atoms with Crippen molar-refractivity contribution < 1.29 is 14.5 Å². The molecule has 0 bridgehead atoms. The minimum absolute atomic E-state index is 0.0227. The number of hydrogen-bond donors (Lipinski definition) is 2. The fourth-order valence-electron chi connectivity index (χ4n) is 1.04. The third-order valence-corrected chi connectivity index (χ3v) is 1.83. The van der Waals surface area contributed by atoms with E-state index in [-0.39, 0.29) is 12.1 Å². The molecule has 0 aliphatic heterocycles. The normalized spacial score (nSPS) is 9.33. The maximum atomic E-state index is 11.5. The largest absolute Gasteiger partial charge is 0.364 e. The molecular formula is C10H10N4O4. The summed E-state index contributed by atoms with van der Waals surface area (Å²) < 4.78 is 0. The highest BCUT2D eigenvalue weighted by atomic mass is 16.6. The maximum Gasteiger partial charge on any atom is 0.364 e. The number of rotatable bonds is 4. The summed E-state index contributed by atoms with van der Waals surface area (Å²) in [4.78, 5) is 35.9. The van der Waals surface area contributed by atoms with E-state index >= 15 is 0 Å². The smallest absolute Gasteiger partial charge is 0.358 e. The third-order valence-electron chi connectivity index (χ3n) is 1.83. The van der Waals surface area contributed by atoms with E-state index in [9.17, 15) is 19.7 Å². The summed E-state index contributed by atoms with van der Waals surface area (Å²) in [6, 6.07) is 1.54. The van der Waals surface area contributed by atoms with Gasteiger partial charge in [0.1, 0.15) is 6.20 Å². The van der Waals surface area contributed by atoms with Crippen molar-refractivity contribution in [3.8, 4) is 0 Å². The van der Waals surface area contributed by atoms with Crippen LogP contribution in [0.5, 0.6) is 0 Å². The summed E-state index contributed by atoms with van der Waals surface area (Å²) in [6.45, 7) is 3.59. The molecule has 8 nitrogen and oxygen atoms in total. The molecule has 1 aromatic rings. The summed E-state index contributed by atoms with van der Waals surface area (Å²) in [5, 5.41) is 14.8. The van der Waals surface area contributed by atoms with Gasteiger partial charge in [-0.05, 0) is 16.0 Å². The fourth-order valence-corrected chi connectivity index (χ4v) is 1.04. The van der Waals surface area contributed by atoms with Gasteiger partial charge in [0.25, 0.3) is 5.91 Å². The van der Waals surface area contributed by atoms with E-state index in [1.807, 2.05) is 5.32 Å². The minimum atomic E-state index is -0.748. The topological polar surface area (TPSA) is 114 Å². The zero-order chi connectivity index (χ0) is 13.5. The Labute approximate surface area is 102 Å². The number of urea groups is 1. The zero-order valence-corrected chi connectivity index (χ0v) is 9.25. The molecule has 94 valence electrons. The number of carbonyl (C=O) groups excluding carboxylic acids is 2. The molecule has 3 amide bonds. The fraction of sp³-hybridized carbons (Fsp3) is 0.100. The number of carbonyl (C=O) groups is 2. The van der Waals surface area contributed by atoms with Crippen LogP contribution in [-0.2, 0) is 0 Å². The van der Waals surface area contributed by atoms with Crippen LogP contribution in [0, 0.1) is 10.1 Å². The molecule has 0 aliphatic carbocycles. The average molecular weight is 250 g/mol. The van der Waals surface area contributed by atoms with E-state index in [4.69, 9.17) is 0 Å². The second kappa shape index (κ2) is 6.09. The van der Waals surface area contributed by atoms with Crippen molar-refractivity contribution >= 4 is 17.8 Å². The standard InChI is InChI=1S/C10H10N4O4/c1-2-4-12-10(16)13-9(15)7-3-5-11-8(6-7)14(17)18/h2-3,5-6H,1,4H2,(H2,12,13,15,16). The number of nitro groups is 1. The molecule has 8 heteroatoms. The van der Waals surface area contributed by atoms with Crippen LogP contribution in [-0.4, -0.2) is 28.4 Å². The molecule has 2 N–H and O–H groups in total. The first-order valence-corrected chi connectivity index (χ1v) is 4.85. The van der Waals surface area contributed by atoms with Gasteiger partial charge < -0.3 is 15.4 Å². The zero-order valence-electron chi connectivity index (χ0n) is 9.25. The molecule has 0 aromatic carbocycles. The number of nitrogens with zero attached hydrogens (tertiary/aromatic N) is 2. The lowest BCUT2D eigenvalue weighted by Crippen LogP contribution is -2.39. The highest BCUT2D eigenvalue weighted by Crippen LogP contribution is 2.08. The van der Waals surface area contributed by atoms with Gasteiger partial charge in [-0.1, -0.05) is 6.08 Å². The summed E-state index contributed by atoms with van der Waals surface area (Å²) in [7, 11) is 0. The van der Waals surface area contributed by atoms with Crippen LogP contribution in [0.25, 0.3) is 0 Å². The Morgan fingerprint density at radius 2 is 2.28 bits per heavy atom. The lowest BCUT2D eigenvalue weighted by atomic mass is 10.2. The Bertz CT molecular complexity index is 500. The summed E-state index contributed by atoms with van der Waals surface area (Å²) >= 11 is 0. The first-order valence-electron chi connectivity index (χ1n) is 4.85. The van der Waals surface area contributed by atoms with E-state index < -0.39 is 22.7 Å². The molecule has 0 atom stereocenters. The van der Waals surface area contributed by atoms with Crippen molar-refractivity contribution in [2.75, 3.05) is 6.54 Å². The van der Waals surface area contributed by atoms with Crippen LogP contribution in [0.4, 0.5) is 10.6 Å². The van der Waals surface area contributed by atoms with Gasteiger partial charge in [0, 0.05) is 12.6 Å². The average Bonchev–Trinajstić information content (AvgIpc) is 2.36. The quantitative estimate of drug-likeness (QED) is 0.461. The van der Waals surface area contributed by atoms with Crippen molar-refractivity contribution in [3.05, 3.63) is 46.7 Å². The highest BCUT2D eigenvalue weighted by molar-refractivity contribution is 6.04. The van der Waals surface area contributed by atoms with Gasteiger partial charge in [-0.15, -0.1) is 6.58 Å². The lowest BCUT2D eigenvalue weighted by Gasteiger charge is -2.04. The lowest BCUT2D eigenvalue weighted by molar-refractivity contribution is -0.389. The van der Waals surface area contributed by atoms with Crippen LogP contribution < -0.4 is 10.6 Å². The predicted molar refractivity (Wildman–Crippen MR) is 62.0 cm³/mol. The second-order valence-corrected chi connectivity index (χ2v) is 3.11. The molecule has 0 saturated carbocycles. The first-order chi connectivity index (χ1) is 8.54. The van der Waals surface area contributed by atoms with Crippen molar-refractivity contribution in [2.24, 2.45) is 0 Å². The molecule has 0 radical (unpaired) electrons. The molecular weight excluding hydrogens is 240 g/mol. The summed E-state index contributed by atoms with van der Waals surface area (Å²) in [5.74, 6) is -1.21.